The van der Waals surface area contributed by atoms with Gasteiger partial charge in [0.2, 0.25) is 0 Å². The van der Waals surface area contributed by atoms with Crippen molar-refractivity contribution >= 4 is 28.3 Å². The van der Waals surface area contributed by atoms with Gasteiger partial charge in [-0.15, -0.1) is 0 Å². The SMILES string of the molecule is CCN(CC)c1ccc2c(N[C@@H](CC(C)C)C(=O)OC)cc(=O)oc2c1. The number of fused-ring (bicyclic) bond motifs is 1. The molecule has 0 bridgehead atoms. The Labute approximate surface area is 154 Å². The molecule has 2 aromatic rings. The molecule has 0 saturated heterocycles. The van der Waals surface area contributed by atoms with E-state index in [0.29, 0.717) is 23.6 Å². The quantitative estimate of drug-likeness (QED) is 0.572. The van der Waals surface area contributed by atoms with Crippen molar-refractivity contribution in [2.45, 2.75) is 40.2 Å². The Morgan fingerprint density at radius 2 is 1.92 bits per heavy atom. The number of carbonyl (C=O) groups is 1. The van der Waals surface area contributed by atoms with Gasteiger partial charge in [0.05, 0.1) is 12.8 Å². The molecule has 6 heteroatoms. The number of ether oxygens (including phenoxy) is 1. The molecule has 0 aliphatic heterocycles. The molecular weight excluding hydrogens is 332 g/mol. The highest BCUT2D eigenvalue weighted by Crippen LogP contribution is 2.27. The summed E-state index contributed by atoms with van der Waals surface area (Å²) in [7, 11) is 1.37. The van der Waals surface area contributed by atoms with Crippen LogP contribution in [0, 0.1) is 5.92 Å². The Morgan fingerprint density at radius 3 is 2.50 bits per heavy atom. The maximum Gasteiger partial charge on any atom is 0.338 e. The molecule has 0 radical (unpaired) electrons. The third-order valence-electron chi connectivity index (χ3n) is 4.38. The lowest BCUT2D eigenvalue weighted by molar-refractivity contribution is -0.141. The molecule has 1 heterocycles. The molecule has 0 amide bonds. The van der Waals surface area contributed by atoms with Crippen molar-refractivity contribution < 1.29 is 13.9 Å². The summed E-state index contributed by atoms with van der Waals surface area (Å²) < 4.78 is 10.3. The smallest absolute Gasteiger partial charge is 0.338 e. The van der Waals surface area contributed by atoms with Crippen molar-refractivity contribution in [1.29, 1.82) is 0 Å². The number of hydrogen-bond acceptors (Lipinski definition) is 6. The van der Waals surface area contributed by atoms with Gasteiger partial charge in [0, 0.05) is 36.3 Å². The summed E-state index contributed by atoms with van der Waals surface area (Å²) in [6, 6.07) is 6.64. The molecule has 2 rings (SSSR count). The zero-order valence-corrected chi connectivity index (χ0v) is 16.2. The molecule has 0 unspecified atom stereocenters. The number of benzene rings is 1. The summed E-state index contributed by atoms with van der Waals surface area (Å²) in [4.78, 5) is 26.3. The van der Waals surface area contributed by atoms with E-state index in [2.05, 4.69) is 24.1 Å². The fraction of sp³-hybridized carbons (Fsp3) is 0.500. The van der Waals surface area contributed by atoms with E-state index in [1.807, 2.05) is 32.0 Å². The van der Waals surface area contributed by atoms with Gasteiger partial charge in [0.15, 0.2) is 0 Å². The molecule has 26 heavy (non-hydrogen) atoms. The fourth-order valence-electron chi connectivity index (χ4n) is 3.07. The van der Waals surface area contributed by atoms with Gasteiger partial charge in [-0.2, -0.15) is 0 Å². The van der Waals surface area contributed by atoms with Crippen LogP contribution in [0.4, 0.5) is 11.4 Å². The van der Waals surface area contributed by atoms with Crippen LogP contribution in [0.5, 0.6) is 0 Å². The Hall–Kier alpha value is -2.50. The van der Waals surface area contributed by atoms with Crippen LogP contribution in [0.25, 0.3) is 11.0 Å². The van der Waals surface area contributed by atoms with E-state index < -0.39 is 11.7 Å². The maximum atomic E-state index is 12.1. The van der Waals surface area contributed by atoms with Crippen LogP contribution in [0.15, 0.2) is 33.5 Å². The van der Waals surface area contributed by atoms with Crippen molar-refractivity contribution in [3.63, 3.8) is 0 Å². The average molecular weight is 360 g/mol. The van der Waals surface area contributed by atoms with Gasteiger partial charge >= 0.3 is 11.6 Å². The molecule has 1 aromatic carbocycles. The van der Waals surface area contributed by atoms with Crippen molar-refractivity contribution in [2.24, 2.45) is 5.92 Å². The minimum atomic E-state index is -0.521. The topological polar surface area (TPSA) is 71.8 Å². The molecule has 0 aliphatic carbocycles. The molecule has 0 saturated carbocycles. The van der Waals surface area contributed by atoms with E-state index in [-0.39, 0.29) is 5.97 Å². The number of nitrogens with zero attached hydrogens (tertiary/aromatic N) is 1. The zero-order chi connectivity index (χ0) is 19.3. The highest BCUT2D eigenvalue weighted by molar-refractivity contribution is 5.93. The number of carbonyl (C=O) groups excluding carboxylic acids is 1. The van der Waals surface area contributed by atoms with Gasteiger partial charge in [-0.25, -0.2) is 9.59 Å². The molecule has 0 spiro atoms. The summed E-state index contributed by atoms with van der Waals surface area (Å²) in [5.74, 6) is -0.0490. The van der Waals surface area contributed by atoms with Crippen molar-refractivity contribution in [3.05, 3.63) is 34.7 Å². The minimum Gasteiger partial charge on any atom is -0.467 e. The summed E-state index contributed by atoms with van der Waals surface area (Å²) in [6.45, 7) is 9.95. The standard InChI is InChI=1S/C20H28N2O4/c1-6-22(7-2)14-8-9-15-16(12-19(23)26-18(15)11-14)21-17(10-13(3)4)20(24)25-5/h8-9,11-13,17,21H,6-7,10H2,1-5H3/t17-/m0/s1. The fourth-order valence-corrected chi connectivity index (χ4v) is 3.07. The van der Waals surface area contributed by atoms with Gasteiger partial charge in [0.25, 0.3) is 0 Å². The van der Waals surface area contributed by atoms with Gasteiger partial charge in [-0.3, -0.25) is 0 Å². The Bertz CT molecular complexity index is 809. The Kier molecular flexibility index (Phi) is 6.66. The van der Waals surface area contributed by atoms with Crippen LogP contribution >= 0.6 is 0 Å². The minimum absolute atomic E-state index is 0.298. The lowest BCUT2D eigenvalue weighted by atomic mass is 10.0. The van der Waals surface area contributed by atoms with E-state index in [9.17, 15) is 9.59 Å². The number of esters is 1. The monoisotopic (exact) mass is 360 g/mol. The summed E-state index contributed by atoms with van der Waals surface area (Å²) in [5.41, 5.74) is 1.62. The second-order valence-electron chi connectivity index (χ2n) is 6.68. The van der Waals surface area contributed by atoms with Crippen molar-refractivity contribution in [2.75, 3.05) is 30.4 Å². The molecule has 0 fully saturated rings. The highest BCUT2D eigenvalue weighted by atomic mass is 16.5. The van der Waals surface area contributed by atoms with Crippen molar-refractivity contribution in [1.82, 2.24) is 0 Å². The molecule has 1 aromatic heterocycles. The third-order valence-corrected chi connectivity index (χ3v) is 4.38. The number of hydrogen-bond donors (Lipinski definition) is 1. The average Bonchev–Trinajstić information content (AvgIpc) is 2.60. The first kappa shape index (κ1) is 19.8. The van der Waals surface area contributed by atoms with Gasteiger partial charge in [-0.1, -0.05) is 13.8 Å². The Balaban J connectivity index is 2.46. The van der Waals surface area contributed by atoms with Gasteiger partial charge in [-0.05, 0) is 38.3 Å². The molecular formula is C20H28N2O4. The zero-order valence-electron chi connectivity index (χ0n) is 16.2. The second kappa shape index (κ2) is 8.74. The number of nitrogens with one attached hydrogen (secondary N) is 1. The van der Waals surface area contributed by atoms with Crippen LogP contribution in [0.3, 0.4) is 0 Å². The lowest BCUT2D eigenvalue weighted by Gasteiger charge is -2.22. The summed E-state index contributed by atoms with van der Waals surface area (Å²) in [5, 5.41) is 3.94. The van der Waals surface area contributed by atoms with Crippen LogP contribution in [0.1, 0.15) is 34.1 Å². The van der Waals surface area contributed by atoms with E-state index in [1.165, 1.54) is 13.2 Å². The lowest BCUT2D eigenvalue weighted by Crippen LogP contribution is -2.32. The first-order valence-corrected chi connectivity index (χ1v) is 9.06. The largest absolute Gasteiger partial charge is 0.467 e. The Morgan fingerprint density at radius 1 is 1.23 bits per heavy atom. The third kappa shape index (κ3) is 4.56. The molecule has 6 nitrogen and oxygen atoms in total. The number of methoxy groups -OCH3 is 1. The molecule has 142 valence electrons. The van der Waals surface area contributed by atoms with Crippen LogP contribution in [-0.2, 0) is 9.53 Å². The van der Waals surface area contributed by atoms with Gasteiger partial charge in [0.1, 0.15) is 11.6 Å². The van der Waals surface area contributed by atoms with Crippen molar-refractivity contribution in [3.8, 4) is 0 Å². The van der Waals surface area contributed by atoms with Crippen LogP contribution in [0.2, 0.25) is 0 Å². The van der Waals surface area contributed by atoms with Crippen LogP contribution in [-0.4, -0.2) is 32.2 Å². The predicted octanol–water partition coefficient (Wildman–Crippen LogP) is 3.64. The highest BCUT2D eigenvalue weighted by Gasteiger charge is 2.22. The predicted molar refractivity (Wildman–Crippen MR) is 105 cm³/mol. The first-order valence-electron chi connectivity index (χ1n) is 9.06. The molecule has 1 atom stereocenters. The van der Waals surface area contributed by atoms with E-state index in [4.69, 9.17) is 9.15 Å². The van der Waals surface area contributed by atoms with Crippen LogP contribution < -0.4 is 15.8 Å². The second-order valence-corrected chi connectivity index (χ2v) is 6.68. The maximum absolute atomic E-state index is 12.1. The number of rotatable bonds is 8. The first-order chi connectivity index (χ1) is 12.4. The van der Waals surface area contributed by atoms with Gasteiger partial charge < -0.3 is 19.4 Å². The molecule has 0 aliphatic rings. The summed E-state index contributed by atoms with van der Waals surface area (Å²) in [6.07, 6.45) is 0.603. The number of anilines is 2. The normalized spacial score (nSPS) is 12.2. The van der Waals surface area contributed by atoms with E-state index in [0.717, 1.165) is 24.2 Å². The molecule has 1 N–H and O–H groups in total. The van der Waals surface area contributed by atoms with E-state index >= 15 is 0 Å². The van der Waals surface area contributed by atoms with E-state index in [1.54, 1.807) is 0 Å². The summed E-state index contributed by atoms with van der Waals surface area (Å²) >= 11 is 0.